The van der Waals surface area contributed by atoms with E-state index in [1.54, 1.807) is 12.1 Å². The van der Waals surface area contributed by atoms with E-state index in [1.165, 1.54) is 12.1 Å². The predicted octanol–water partition coefficient (Wildman–Crippen LogP) is 5.64. The quantitative estimate of drug-likeness (QED) is 0.377. The second-order valence-corrected chi connectivity index (χ2v) is 10.5. The van der Waals surface area contributed by atoms with E-state index >= 15 is 0 Å². The van der Waals surface area contributed by atoms with Crippen LogP contribution in [0.2, 0.25) is 0 Å². The van der Waals surface area contributed by atoms with E-state index in [0.717, 1.165) is 42.4 Å². The van der Waals surface area contributed by atoms with Crippen LogP contribution in [0.3, 0.4) is 0 Å². The van der Waals surface area contributed by atoms with Gasteiger partial charge in [-0.3, -0.25) is 4.79 Å². The smallest absolute Gasteiger partial charge is 0.362 e. The van der Waals surface area contributed by atoms with Crippen LogP contribution < -0.4 is 15.5 Å². The third-order valence-electron chi connectivity index (χ3n) is 6.27. The molecule has 2 N–H and O–H groups in total. The van der Waals surface area contributed by atoms with Crippen molar-refractivity contribution in [3.63, 3.8) is 0 Å². The van der Waals surface area contributed by atoms with Gasteiger partial charge in [-0.05, 0) is 73.2 Å². The molecule has 36 heavy (non-hydrogen) atoms. The summed E-state index contributed by atoms with van der Waals surface area (Å²) in [6, 6.07) is 14.3. The minimum Gasteiger partial charge on any atom is -0.362 e. The van der Waals surface area contributed by atoms with Crippen LogP contribution in [0.25, 0.3) is 10.9 Å². The number of nitrogens with one attached hydrogen (secondary N) is 2. The number of benzene rings is 2. The first-order valence-corrected chi connectivity index (χ1v) is 12.8. The number of hydrogen-bond donors (Lipinski definition) is 2. The molecule has 0 unspecified atom stereocenters. The van der Waals surface area contributed by atoms with Gasteiger partial charge in [-0.25, -0.2) is 4.98 Å². The van der Waals surface area contributed by atoms with E-state index in [-0.39, 0.29) is 35.0 Å². The SMILES string of the molecule is CN(C)c1nc(NC2CCC(CNC(=O)Cc3cccc(SC(F)(F)F)c3)CC2)nc2ccccc12. The monoisotopic (exact) mass is 517 g/mol. The molecule has 6 nitrogen and oxygen atoms in total. The van der Waals surface area contributed by atoms with Crippen molar-refractivity contribution in [2.75, 3.05) is 30.9 Å². The van der Waals surface area contributed by atoms with Crippen molar-refractivity contribution in [2.24, 2.45) is 5.92 Å². The van der Waals surface area contributed by atoms with Crippen LogP contribution >= 0.6 is 11.8 Å². The fourth-order valence-electron chi connectivity index (χ4n) is 4.52. The van der Waals surface area contributed by atoms with E-state index in [0.29, 0.717) is 24.0 Å². The number of carbonyl (C=O) groups excluding carboxylic acids is 1. The molecule has 1 aromatic heterocycles. The first kappa shape index (κ1) is 26.1. The Hall–Kier alpha value is -3.01. The number of halogens is 3. The number of thioether (sulfide) groups is 1. The van der Waals surface area contributed by atoms with Gasteiger partial charge in [0.15, 0.2) is 0 Å². The third-order valence-corrected chi connectivity index (χ3v) is 6.99. The van der Waals surface area contributed by atoms with Crippen molar-refractivity contribution in [1.82, 2.24) is 15.3 Å². The predicted molar refractivity (Wildman–Crippen MR) is 138 cm³/mol. The minimum absolute atomic E-state index is 0.0661. The third kappa shape index (κ3) is 7.25. The Kier molecular flexibility index (Phi) is 8.23. The molecule has 0 spiro atoms. The highest BCUT2D eigenvalue weighted by Crippen LogP contribution is 2.37. The van der Waals surface area contributed by atoms with Crippen LogP contribution in [0.4, 0.5) is 24.9 Å². The maximum atomic E-state index is 12.6. The maximum Gasteiger partial charge on any atom is 0.446 e. The topological polar surface area (TPSA) is 70.2 Å². The Balaban J connectivity index is 1.25. The summed E-state index contributed by atoms with van der Waals surface area (Å²) in [5, 5.41) is 7.46. The van der Waals surface area contributed by atoms with Crippen molar-refractivity contribution in [3.05, 3.63) is 54.1 Å². The summed E-state index contributed by atoms with van der Waals surface area (Å²) in [6.07, 6.45) is 3.89. The molecular weight excluding hydrogens is 487 g/mol. The van der Waals surface area contributed by atoms with Crippen LogP contribution in [-0.4, -0.2) is 48.1 Å². The fourth-order valence-corrected chi connectivity index (χ4v) is 5.14. The van der Waals surface area contributed by atoms with Gasteiger partial charge in [0.1, 0.15) is 5.82 Å². The lowest BCUT2D eigenvalue weighted by Crippen LogP contribution is -2.34. The van der Waals surface area contributed by atoms with Gasteiger partial charge in [0.25, 0.3) is 0 Å². The van der Waals surface area contributed by atoms with Crippen molar-refractivity contribution >= 4 is 40.3 Å². The molecule has 0 radical (unpaired) electrons. The van der Waals surface area contributed by atoms with Crippen molar-refractivity contribution in [3.8, 4) is 0 Å². The van der Waals surface area contributed by atoms with E-state index < -0.39 is 5.51 Å². The highest BCUT2D eigenvalue weighted by atomic mass is 32.2. The summed E-state index contributed by atoms with van der Waals surface area (Å²) >= 11 is -0.168. The molecular formula is C26H30F3N5OS. The Morgan fingerprint density at radius 2 is 1.81 bits per heavy atom. The molecule has 3 aromatic rings. The molecule has 0 saturated heterocycles. The molecule has 4 rings (SSSR count). The largest absolute Gasteiger partial charge is 0.446 e. The highest BCUT2D eigenvalue weighted by molar-refractivity contribution is 8.00. The summed E-state index contributed by atoms with van der Waals surface area (Å²) in [4.78, 5) is 23.9. The van der Waals surface area contributed by atoms with E-state index in [2.05, 4.69) is 15.6 Å². The number of alkyl halides is 3. The number of para-hydroxylation sites is 1. The molecule has 0 aliphatic heterocycles. The molecule has 10 heteroatoms. The second kappa shape index (κ2) is 11.4. The Morgan fingerprint density at radius 1 is 1.06 bits per heavy atom. The van der Waals surface area contributed by atoms with Crippen LogP contribution in [0.1, 0.15) is 31.2 Å². The minimum atomic E-state index is -4.34. The van der Waals surface area contributed by atoms with E-state index in [1.807, 2.05) is 43.3 Å². The van der Waals surface area contributed by atoms with Crippen molar-refractivity contribution in [1.29, 1.82) is 0 Å². The summed E-state index contributed by atoms with van der Waals surface area (Å²) in [5.41, 5.74) is -2.87. The summed E-state index contributed by atoms with van der Waals surface area (Å²) in [5.74, 6) is 1.70. The number of amides is 1. The van der Waals surface area contributed by atoms with Crippen molar-refractivity contribution < 1.29 is 18.0 Å². The molecule has 1 heterocycles. The van der Waals surface area contributed by atoms with Crippen LogP contribution in [0, 0.1) is 5.92 Å². The number of fused-ring (bicyclic) bond motifs is 1. The van der Waals surface area contributed by atoms with Gasteiger partial charge >= 0.3 is 5.51 Å². The first-order valence-electron chi connectivity index (χ1n) is 12.0. The first-order chi connectivity index (χ1) is 17.2. The zero-order valence-corrected chi connectivity index (χ0v) is 21.1. The van der Waals surface area contributed by atoms with Gasteiger partial charge in [0.05, 0.1) is 11.9 Å². The lowest BCUT2D eigenvalue weighted by molar-refractivity contribution is -0.120. The number of aromatic nitrogens is 2. The Labute approximate surface area is 213 Å². The molecule has 1 aliphatic rings. The number of rotatable bonds is 8. The van der Waals surface area contributed by atoms with Crippen LogP contribution in [-0.2, 0) is 11.2 Å². The van der Waals surface area contributed by atoms with Crippen LogP contribution in [0.15, 0.2) is 53.4 Å². The number of hydrogen-bond acceptors (Lipinski definition) is 6. The summed E-state index contributed by atoms with van der Waals surface area (Å²) < 4.78 is 37.8. The molecule has 1 saturated carbocycles. The van der Waals surface area contributed by atoms with Gasteiger partial charge < -0.3 is 15.5 Å². The Morgan fingerprint density at radius 3 is 2.53 bits per heavy atom. The van der Waals surface area contributed by atoms with Gasteiger partial charge in [-0.2, -0.15) is 18.2 Å². The summed E-state index contributed by atoms with van der Waals surface area (Å²) in [6.45, 7) is 0.569. The molecule has 1 amide bonds. The molecule has 0 bridgehead atoms. The van der Waals surface area contributed by atoms with Gasteiger partial charge in [0.2, 0.25) is 11.9 Å². The highest BCUT2D eigenvalue weighted by Gasteiger charge is 2.29. The normalized spacial score (nSPS) is 18.1. The lowest BCUT2D eigenvalue weighted by Gasteiger charge is -2.29. The van der Waals surface area contributed by atoms with Crippen molar-refractivity contribution in [2.45, 2.75) is 48.5 Å². The number of nitrogens with zero attached hydrogens (tertiary/aromatic N) is 3. The zero-order valence-electron chi connectivity index (χ0n) is 20.3. The molecule has 1 fully saturated rings. The summed E-state index contributed by atoms with van der Waals surface area (Å²) in [7, 11) is 3.94. The van der Waals surface area contributed by atoms with Gasteiger partial charge in [0, 0.05) is 37.0 Å². The lowest BCUT2D eigenvalue weighted by atomic mass is 9.86. The van der Waals surface area contributed by atoms with Gasteiger partial charge in [-0.1, -0.05) is 24.3 Å². The second-order valence-electron chi connectivity index (χ2n) is 9.32. The van der Waals surface area contributed by atoms with Crippen LogP contribution in [0.5, 0.6) is 0 Å². The fraction of sp³-hybridized carbons (Fsp3) is 0.423. The number of anilines is 2. The molecule has 0 atom stereocenters. The zero-order chi connectivity index (χ0) is 25.7. The number of carbonyl (C=O) groups is 1. The molecule has 1 aliphatic carbocycles. The average Bonchev–Trinajstić information content (AvgIpc) is 2.82. The molecule has 192 valence electrons. The Bertz CT molecular complexity index is 1200. The average molecular weight is 518 g/mol. The standard InChI is InChI=1S/C26H30F3N5OS/c1-34(2)24-21-8-3-4-9-22(21)32-25(33-24)31-19-12-10-17(11-13-19)16-30-23(35)15-18-6-5-7-20(14-18)36-26(27,28)29/h3-9,14,17,19H,10-13,15-16H2,1-2H3,(H,30,35)(H,31,32,33). The van der Waals surface area contributed by atoms with Gasteiger partial charge in [-0.15, -0.1) is 0 Å². The molecule has 2 aromatic carbocycles. The maximum absolute atomic E-state index is 12.6. The van der Waals surface area contributed by atoms with E-state index in [9.17, 15) is 18.0 Å². The van der Waals surface area contributed by atoms with E-state index in [4.69, 9.17) is 4.98 Å².